The Balaban J connectivity index is 1.76. The third kappa shape index (κ3) is 3.67. The average Bonchev–Trinajstić information content (AvgIpc) is 2.62. The molecule has 0 unspecified atom stereocenters. The average molecular weight is 306 g/mol. The molecule has 1 aromatic carbocycles. The molecule has 1 aliphatic rings. The summed E-state index contributed by atoms with van der Waals surface area (Å²) < 4.78 is 0. The number of pyridine rings is 1. The van der Waals surface area contributed by atoms with Gasteiger partial charge in [0.1, 0.15) is 5.69 Å². The molecule has 23 heavy (non-hydrogen) atoms. The van der Waals surface area contributed by atoms with Gasteiger partial charge >= 0.3 is 0 Å². The molecule has 1 aromatic heterocycles. The van der Waals surface area contributed by atoms with Gasteiger partial charge in [-0.25, -0.2) is 0 Å². The Morgan fingerprint density at radius 3 is 2.70 bits per heavy atom. The number of hydrogen-bond donors (Lipinski definition) is 1. The summed E-state index contributed by atoms with van der Waals surface area (Å²) >= 11 is 0. The molecule has 5 nitrogen and oxygen atoms in total. The SMILES string of the molecule is N#Cc1cccc(Nc2ccnc(C(=O)N3CCCCC3)c2)c1. The van der Waals surface area contributed by atoms with Crippen LogP contribution in [-0.4, -0.2) is 28.9 Å². The van der Waals surface area contributed by atoms with E-state index in [0.717, 1.165) is 37.3 Å². The maximum absolute atomic E-state index is 12.5. The maximum Gasteiger partial charge on any atom is 0.272 e. The number of carbonyl (C=O) groups is 1. The molecule has 2 aromatic rings. The van der Waals surface area contributed by atoms with Crippen LogP contribution >= 0.6 is 0 Å². The molecule has 0 aliphatic carbocycles. The molecule has 0 radical (unpaired) electrons. The lowest BCUT2D eigenvalue weighted by Gasteiger charge is -2.26. The van der Waals surface area contributed by atoms with E-state index in [1.54, 1.807) is 24.4 Å². The van der Waals surface area contributed by atoms with Crippen molar-refractivity contribution in [1.82, 2.24) is 9.88 Å². The Kier molecular flexibility index (Phi) is 4.53. The summed E-state index contributed by atoms with van der Waals surface area (Å²) in [7, 11) is 0. The third-order valence-corrected chi connectivity index (χ3v) is 3.90. The molecule has 5 heteroatoms. The first-order valence-corrected chi connectivity index (χ1v) is 7.79. The lowest BCUT2D eigenvalue weighted by atomic mass is 10.1. The highest BCUT2D eigenvalue weighted by atomic mass is 16.2. The fourth-order valence-electron chi connectivity index (χ4n) is 2.72. The molecule has 1 saturated heterocycles. The van der Waals surface area contributed by atoms with Crippen molar-refractivity contribution < 1.29 is 4.79 Å². The second-order valence-electron chi connectivity index (χ2n) is 5.60. The highest BCUT2D eigenvalue weighted by Crippen LogP contribution is 2.19. The maximum atomic E-state index is 12.5. The number of anilines is 2. The van der Waals surface area contributed by atoms with Gasteiger partial charge in [-0.05, 0) is 49.6 Å². The largest absolute Gasteiger partial charge is 0.355 e. The van der Waals surface area contributed by atoms with Crippen LogP contribution in [0.2, 0.25) is 0 Å². The summed E-state index contributed by atoms with van der Waals surface area (Å²) in [6, 6.07) is 12.9. The molecule has 116 valence electrons. The number of rotatable bonds is 3. The Morgan fingerprint density at radius 1 is 1.13 bits per heavy atom. The normalized spacial score (nSPS) is 14.1. The molecule has 0 saturated carbocycles. The molecule has 0 bridgehead atoms. The fraction of sp³-hybridized carbons (Fsp3) is 0.278. The Bertz CT molecular complexity index is 745. The van der Waals surface area contributed by atoms with Crippen LogP contribution in [0.5, 0.6) is 0 Å². The zero-order valence-electron chi connectivity index (χ0n) is 12.8. The van der Waals surface area contributed by atoms with Crippen LogP contribution in [0.1, 0.15) is 35.3 Å². The topological polar surface area (TPSA) is 69.0 Å². The quantitative estimate of drug-likeness (QED) is 0.944. The molecule has 3 rings (SSSR count). The Hall–Kier alpha value is -2.87. The van der Waals surface area contributed by atoms with Crippen molar-refractivity contribution >= 4 is 17.3 Å². The molecule has 1 aliphatic heterocycles. The van der Waals surface area contributed by atoms with Crippen LogP contribution < -0.4 is 5.32 Å². The van der Waals surface area contributed by atoms with Crippen LogP contribution in [-0.2, 0) is 0 Å². The van der Waals surface area contributed by atoms with Gasteiger partial charge in [-0.1, -0.05) is 6.07 Å². The van der Waals surface area contributed by atoms with E-state index in [0.29, 0.717) is 11.3 Å². The van der Waals surface area contributed by atoms with Crippen molar-refractivity contribution in [2.75, 3.05) is 18.4 Å². The molecule has 1 amide bonds. The Labute approximate surface area is 135 Å². The van der Waals surface area contributed by atoms with Gasteiger partial charge in [-0.15, -0.1) is 0 Å². The van der Waals surface area contributed by atoms with Crippen LogP contribution in [0.4, 0.5) is 11.4 Å². The number of nitrogens with one attached hydrogen (secondary N) is 1. The predicted octanol–water partition coefficient (Wildman–Crippen LogP) is 3.32. The molecule has 0 spiro atoms. The van der Waals surface area contributed by atoms with Gasteiger partial charge < -0.3 is 10.2 Å². The first kappa shape index (κ1) is 15.0. The van der Waals surface area contributed by atoms with E-state index in [2.05, 4.69) is 16.4 Å². The lowest BCUT2D eigenvalue weighted by Crippen LogP contribution is -2.36. The van der Waals surface area contributed by atoms with Crippen molar-refractivity contribution in [2.24, 2.45) is 0 Å². The smallest absolute Gasteiger partial charge is 0.272 e. The summed E-state index contributed by atoms with van der Waals surface area (Å²) in [5.41, 5.74) is 2.64. The van der Waals surface area contributed by atoms with Crippen LogP contribution in [0, 0.1) is 11.3 Å². The number of likely N-dealkylation sites (tertiary alicyclic amines) is 1. The minimum Gasteiger partial charge on any atom is -0.355 e. The van der Waals surface area contributed by atoms with E-state index in [9.17, 15) is 4.79 Å². The van der Waals surface area contributed by atoms with Gasteiger partial charge in [-0.3, -0.25) is 9.78 Å². The van der Waals surface area contributed by atoms with Crippen LogP contribution in [0.3, 0.4) is 0 Å². The fourth-order valence-corrected chi connectivity index (χ4v) is 2.72. The van der Waals surface area contributed by atoms with Gasteiger partial charge in [0.05, 0.1) is 11.6 Å². The number of carbonyl (C=O) groups excluding carboxylic acids is 1. The minimum absolute atomic E-state index is 0.0147. The standard InChI is InChI=1S/C18H18N4O/c19-13-14-5-4-6-15(11-14)21-16-7-8-20-17(12-16)18(23)22-9-2-1-3-10-22/h4-8,11-12H,1-3,9-10H2,(H,20,21). The van der Waals surface area contributed by atoms with Gasteiger partial charge in [0.2, 0.25) is 0 Å². The number of aromatic nitrogens is 1. The molecular formula is C18H18N4O. The van der Waals surface area contributed by atoms with Crippen LogP contribution in [0.15, 0.2) is 42.6 Å². The highest BCUT2D eigenvalue weighted by Gasteiger charge is 2.19. The summed E-state index contributed by atoms with van der Waals surface area (Å²) in [4.78, 5) is 18.6. The Morgan fingerprint density at radius 2 is 1.91 bits per heavy atom. The number of benzene rings is 1. The van der Waals surface area contributed by atoms with Crippen molar-refractivity contribution in [1.29, 1.82) is 5.26 Å². The molecule has 0 atom stereocenters. The van der Waals surface area contributed by atoms with E-state index in [4.69, 9.17) is 5.26 Å². The number of nitriles is 1. The summed E-state index contributed by atoms with van der Waals surface area (Å²) in [5, 5.41) is 12.2. The number of piperidine rings is 1. The first-order chi connectivity index (χ1) is 11.3. The summed E-state index contributed by atoms with van der Waals surface area (Å²) in [6.07, 6.45) is 4.94. The van der Waals surface area contributed by atoms with Gasteiger partial charge in [0.25, 0.3) is 5.91 Å². The predicted molar refractivity (Wildman–Crippen MR) is 88.4 cm³/mol. The highest BCUT2D eigenvalue weighted by molar-refractivity contribution is 5.93. The van der Waals surface area contributed by atoms with E-state index in [1.165, 1.54) is 6.42 Å². The number of hydrogen-bond acceptors (Lipinski definition) is 4. The molecule has 2 heterocycles. The number of amides is 1. The van der Waals surface area contributed by atoms with Gasteiger partial charge in [-0.2, -0.15) is 5.26 Å². The molecule has 1 N–H and O–H groups in total. The van der Waals surface area contributed by atoms with Crippen LogP contribution in [0.25, 0.3) is 0 Å². The monoisotopic (exact) mass is 306 g/mol. The second kappa shape index (κ2) is 6.93. The van der Waals surface area contributed by atoms with Gasteiger partial charge in [0, 0.05) is 30.7 Å². The van der Waals surface area contributed by atoms with E-state index in [1.807, 2.05) is 23.1 Å². The van der Waals surface area contributed by atoms with Crippen molar-refractivity contribution in [2.45, 2.75) is 19.3 Å². The van der Waals surface area contributed by atoms with E-state index < -0.39 is 0 Å². The number of nitrogens with zero attached hydrogens (tertiary/aromatic N) is 3. The van der Waals surface area contributed by atoms with Gasteiger partial charge in [0.15, 0.2) is 0 Å². The lowest BCUT2D eigenvalue weighted by molar-refractivity contribution is 0.0718. The minimum atomic E-state index is -0.0147. The third-order valence-electron chi connectivity index (χ3n) is 3.90. The van der Waals surface area contributed by atoms with E-state index in [-0.39, 0.29) is 5.91 Å². The first-order valence-electron chi connectivity index (χ1n) is 7.79. The second-order valence-corrected chi connectivity index (χ2v) is 5.60. The summed E-state index contributed by atoms with van der Waals surface area (Å²) in [5.74, 6) is -0.0147. The van der Waals surface area contributed by atoms with Crippen molar-refractivity contribution in [3.63, 3.8) is 0 Å². The zero-order chi connectivity index (χ0) is 16.1. The van der Waals surface area contributed by atoms with Crippen molar-refractivity contribution in [3.05, 3.63) is 53.9 Å². The zero-order valence-corrected chi connectivity index (χ0v) is 12.8. The van der Waals surface area contributed by atoms with E-state index >= 15 is 0 Å². The molecular weight excluding hydrogens is 288 g/mol. The van der Waals surface area contributed by atoms with Crippen molar-refractivity contribution in [3.8, 4) is 6.07 Å². The summed E-state index contributed by atoms with van der Waals surface area (Å²) in [6.45, 7) is 1.62. The molecule has 1 fully saturated rings.